The average molecular weight is 519 g/mol. The molecule has 37 heavy (non-hydrogen) atoms. The summed E-state index contributed by atoms with van der Waals surface area (Å²) in [5.41, 5.74) is 1.35. The maximum atomic E-state index is 12.8. The molecule has 0 aromatic heterocycles. The van der Waals surface area contributed by atoms with E-state index in [1.807, 2.05) is 61.6 Å². The van der Waals surface area contributed by atoms with Crippen molar-refractivity contribution in [1.82, 2.24) is 10.6 Å². The van der Waals surface area contributed by atoms with Gasteiger partial charge in [-0.1, -0.05) is 65.9 Å². The Balaban J connectivity index is 1.51. The van der Waals surface area contributed by atoms with Crippen molar-refractivity contribution in [3.63, 3.8) is 0 Å². The Morgan fingerprint density at radius 2 is 2.03 bits per heavy atom. The minimum atomic E-state index is -4.49. The number of aliphatic hydroxyl groups is 1. The molecular weight excluding hydrogens is 485 g/mol. The van der Waals surface area contributed by atoms with Crippen molar-refractivity contribution in [2.75, 3.05) is 19.7 Å². The number of ether oxygens (including phenoxy) is 1. The van der Waals surface area contributed by atoms with Crippen LogP contribution in [0.3, 0.4) is 0 Å². The molecule has 1 saturated carbocycles. The normalized spacial score (nSPS) is 29.4. The van der Waals surface area contributed by atoms with Gasteiger partial charge in [0.2, 0.25) is 0 Å². The Hall–Kier alpha value is -2.95. The van der Waals surface area contributed by atoms with Crippen molar-refractivity contribution in [2.45, 2.75) is 56.2 Å². The lowest BCUT2D eigenvalue weighted by Crippen LogP contribution is -2.47. The third kappa shape index (κ3) is 7.09. The molecule has 4 rings (SSSR count). The highest BCUT2D eigenvalue weighted by atomic mass is 19.4. The van der Waals surface area contributed by atoms with Crippen LogP contribution in [0.5, 0.6) is 0 Å². The van der Waals surface area contributed by atoms with Crippen molar-refractivity contribution in [2.24, 2.45) is 16.1 Å². The highest BCUT2D eigenvalue weighted by Crippen LogP contribution is 2.39. The number of benzene rings is 1. The van der Waals surface area contributed by atoms with Crippen molar-refractivity contribution < 1.29 is 28.2 Å². The van der Waals surface area contributed by atoms with Gasteiger partial charge < -0.3 is 20.4 Å². The standard InChI is InChI=1S/C27H33F3N4O3/c1-26(10-6-3-7-11-26)37-13-12-31-24-21(25(35)32-17-27(28,29)30)16-20-22(33-24)14-19(15-23(20)34-36)18-8-4-2-5-9-18/h2-10,16,19-20,22,25,32,35-36H,11-15,17H2,1H3,(H,31,33)/b34-23+/t19?,20-,22?,25?,26+/m1/s1. The fourth-order valence-corrected chi connectivity index (χ4v) is 5.03. The Kier molecular flexibility index (Phi) is 8.51. The Morgan fingerprint density at radius 1 is 1.24 bits per heavy atom. The van der Waals surface area contributed by atoms with E-state index in [2.05, 4.69) is 15.8 Å². The highest BCUT2D eigenvalue weighted by molar-refractivity contribution is 6.02. The molecule has 3 unspecified atom stereocenters. The van der Waals surface area contributed by atoms with Gasteiger partial charge in [0.25, 0.3) is 0 Å². The summed E-state index contributed by atoms with van der Waals surface area (Å²) in [5, 5.41) is 29.2. The molecule has 0 spiro atoms. The highest BCUT2D eigenvalue weighted by Gasteiger charge is 2.39. The fourth-order valence-electron chi connectivity index (χ4n) is 5.03. The second-order valence-corrected chi connectivity index (χ2v) is 9.81. The quantitative estimate of drug-likeness (QED) is 0.180. The van der Waals surface area contributed by atoms with Gasteiger partial charge in [0.1, 0.15) is 12.1 Å². The first kappa shape index (κ1) is 27.1. The van der Waals surface area contributed by atoms with E-state index in [1.54, 1.807) is 6.08 Å². The SMILES string of the molecule is C[C@]1(OCCNC2=NC3CC(c4ccccc4)C/C(=N\O)[C@@H]3C=C2C(O)NCC(F)(F)F)C=CC=CC1. The zero-order chi connectivity index (χ0) is 26.5. The van der Waals surface area contributed by atoms with E-state index in [4.69, 9.17) is 9.73 Å². The van der Waals surface area contributed by atoms with Crippen LogP contribution in [-0.2, 0) is 4.74 Å². The molecule has 3 aliphatic rings. The van der Waals surface area contributed by atoms with Crippen LogP contribution in [-0.4, -0.2) is 65.6 Å². The van der Waals surface area contributed by atoms with E-state index < -0.39 is 30.5 Å². The zero-order valence-corrected chi connectivity index (χ0v) is 20.7. The third-order valence-corrected chi connectivity index (χ3v) is 6.94. The molecule has 10 heteroatoms. The predicted molar refractivity (Wildman–Crippen MR) is 136 cm³/mol. The molecule has 1 aromatic rings. The summed E-state index contributed by atoms with van der Waals surface area (Å²) in [6, 6.07) is 9.58. The van der Waals surface area contributed by atoms with E-state index in [0.717, 1.165) is 12.0 Å². The number of fused-ring (bicyclic) bond motifs is 1. The van der Waals surface area contributed by atoms with Gasteiger partial charge in [-0.25, -0.2) is 0 Å². The van der Waals surface area contributed by atoms with Crippen LogP contribution in [0.25, 0.3) is 0 Å². The van der Waals surface area contributed by atoms with Gasteiger partial charge in [-0.2, -0.15) is 13.2 Å². The van der Waals surface area contributed by atoms with Crippen LogP contribution < -0.4 is 10.6 Å². The number of hydrogen-bond acceptors (Lipinski definition) is 7. The van der Waals surface area contributed by atoms with Gasteiger partial charge in [-0.05, 0) is 37.7 Å². The van der Waals surface area contributed by atoms with Gasteiger partial charge in [-0.15, -0.1) is 0 Å². The average Bonchev–Trinajstić information content (AvgIpc) is 2.89. The smallest absolute Gasteiger partial charge is 0.401 e. The van der Waals surface area contributed by atoms with Gasteiger partial charge in [0.05, 0.1) is 30.5 Å². The summed E-state index contributed by atoms with van der Waals surface area (Å²) >= 11 is 0. The number of hydrogen-bond donors (Lipinski definition) is 4. The topological polar surface area (TPSA) is 98.5 Å². The molecule has 1 aromatic carbocycles. The first-order valence-corrected chi connectivity index (χ1v) is 12.4. The molecule has 1 heterocycles. The van der Waals surface area contributed by atoms with Crippen LogP contribution in [0.4, 0.5) is 13.2 Å². The van der Waals surface area contributed by atoms with E-state index >= 15 is 0 Å². The van der Waals surface area contributed by atoms with Crippen LogP contribution in [0.2, 0.25) is 0 Å². The lowest BCUT2D eigenvalue weighted by Gasteiger charge is -2.37. The molecule has 0 saturated heterocycles. The maximum absolute atomic E-state index is 12.8. The summed E-state index contributed by atoms with van der Waals surface area (Å²) in [6.45, 7) is 1.30. The molecule has 0 amide bonds. The Morgan fingerprint density at radius 3 is 2.70 bits per heavy atom. The van der Waals surface area contributed by atoms with E-state index in [0.29, 0.717) is 37.5 Å². The second-order valence-electron chi connectivity index (χ2n) is 9.81. The lowest BCUT2D eigenvalue weighted by molar-refractivity contribution is -0.129. The number of allylic oxidation sites excluding steroid dienone is 2. The zero-order valence-electron chi connectivity index (χ0n) is 20.7. The second kappa shape index (κ2) is 11.6. The van der Waals surface area contributed by atoms with Gasteiger partial charge in [0.15, 0.2) is 0 Å². The molecular formula is C27H33F3N4O3. The van der Waals surface area contributed by atoms with Crippen molar-refractivity contribution in [1.29, 1.82) is 0 Å². The van der Waals surface area contributed by atoms with Gasteiger partial charge in [0, 0.05) is 18.0 Å². The van der Waals surface area contributed by atoms with Gasteiger partial charge in [-0.3, -0.25) is 10.3 Å². The number of aliphatic hydroxyl groups excluding tert-OH is 1. The van der Waals surface area contributed by atoms with Crippen molar-refractivity contribution >= 4 is 11.5 Å². The molecule has 2 aliphatic carbocycles. The largest absolute Gasteiger partial charge is 0.411 e. The van der Waals surface area contributed by atoms with Crippen molar-refractivity contribution in [3.05, 3.63) is 71.8 Å². The van der Waals surface area contributed by atoms with Crippen LogP contribution >= 0.6 is 0 Å². The third-order valence-electron chi connectivity index (χ3n) is 6.94. The molecule has 0 radical (unpaired) electrons. The first-order chi connectivity index (χ1) is 17.7. The van der Waals surface area contributed by atoms with Crippen LogP contribution in [0.1, 0.15) is 37.7 Å². The number of nitrogens with zero attached hydrogens (tertiary/aromatic N) is 2. The molecule has 7 nitrogen and oxygen atoms in total. The summed E-state index contributed by atoms with van der Waals surface area (Å²) in [6.07, 6.45) is 5.36. The van der Waals surface area contributed by atoms with E-state index in [9.17, 15) is 23.5 Å². The summed E-state index contributed by atoms with van der Waals surface area (Å²) < 4.78 is 44.5. The summed E-state index contributed by atoms with van der Waals surface area (Å²) in [5.74, 6) is -0.0413. The van der Waals surface area contributed by atoms with Crippen LogP contribution in [0.15, 0.2) is 76.4 Å². The van der Waals surface area contributed by atoms with Gasteiger partial charge >= 0.3 is 6.18 Å². The minimum absolute atomic E-state index is 0.0796. The molecule has 1 aliphatic heterocycles. The minimum Gasteiger partial charge on any atom is -0.411 e. The number of halogens is 3. The summed E-state index contributed by atoms with van der Waals surface area (Å²) in [7, 11) is 0. The van der Waals surface area contributed by atoms with E-state index in [-0.39, 0.29) is 17.5 Å². The first-order valence-electron chi connectivity index (χ1n) is 12.4. The monoisotopic (exact) mass is 518 g/mol. The molecule has 5 atom stereocenters. The maximum Gasteiger partial charge on any atom is 0.401 e. The number of amidine groups is 1. The molecule has 1 fully saturated rings. The number of rotatable bonds is 8. The number of aliphatic imine (C=N–C) groups is 1. The molecule has 200 valence electrons. The molecule has 0 bridgehead atoms. The number of oxime groups is 1. The van der Waals surface area contributed by atoms with E-state index in [1.165, 1.54) is 0 Å². The Labute approximate surface area is 214 Å². The predicted octanol–water partition coefficient (Wildman–Crippen LogP) is 4.07. The molecule has 4 N–H and O–H groups in total. The fraction of sp³-hybridized carbons (Fsp3) is 0.481. The summed E-state index contributed by atoms with van der Waals surface area (Å²) in [4.78, 5) is 4.81. The number of alkyl halides is 3. The number of nitrogens with one attached hydrogen (secondary N) is 2. The number of dihydropyridines is 1. The lowest BCUT2D eigenvalue weighted by atomic mass is 9.72. The Bertz CT molecular complexity index is 1080. The van der Waals surface area contributed by atoms with Crippen molar-refractivity contribution in [3.8, 4) is 0 Å². The van der Waals surface area contributed by atoms with Crippen LogP contribution in [0, 0.1) is 5.92 Å².